The van der Waals surface area contributed by atoms with Crippen molar-refractivity contribution in [3.63, 3.8) is 0 Å². The molecule has 2 aromatic rings. The monoisotopic (exact) mass is 476 g/mol. The molecule has 2 aromatic heterocycles. The molecule has 1 amide bonds. The third kappa shape index (κ3) is 4.38. The van der Waals surface area contributed by atoms with Gasteiger partial charge in [0.1, 0.15) is 18.1 Å². The Morgan fingerprint density at radius 3 is 2.78 bits per heavy atom. The number of aliphatic hydroxyl groups is 1. The lowest BCUT2D eigenvalue weighted by Crippen LogP contribution is -2.51. The predicted molar refractivity (Wildman–Crippen MR) is 127 cm³/mol. The fraction of sp³-hybridized carbons (Fsp3) is 0.609. The lowest BCUT2D eigenvalue weighted by Gasteiger charge is -2.37. The number of piperazine rings is 1. The van der Waals surface area contributed by atoms with Gasteiger partial charge in [-0.2, -0.15) is 0 Å². The number of hydrogen-bond donors (Lipinski definition) is 2. The van der Waals surface area contributed by atoms with Crippen molar-refractivity contribution in [2.24, 2.45) is 5.92 Å². The standard InChI is InChI=1S/C23H31ClN5O2S/c1-15-11-18(30)21-20(15)22(27-14-26-21)28-6-8-29(9-7-28)23(31)17(13-25-12-16-4-5-16)19-3-2-10-32(19)24/h2-3,10,14-18,25,30H,4-9,11-13H2,1H3/q+1/t15-,17-,18-,32?/m1/s1. The van der Waals surface area contributed by atoms with E-state index in [9.17, 15) is 9.90 Å². The van der Waals surface area contributed by atoms with Gasteiger partial charge in [-0.15, -0.1) is 0 Å². The molecule has 3 aliphatic rings. The molecule has 32 heavy (non-hydrogen) atoms. The van der Waals surface area contributed by atoms with E-state index in [1.54, 1.807) is 6.33 Å². The molecule has 7 nitrogen and oxygen atoms in total. The first-order chi connectivity index (χ1) is 15.5. The van der Waals surface area contributed by atoms with E-state index < -0.39 is 15.8 Å². The molecule has 2 aliphatic carbocycles. The molecule has 0 aromatic carbocycles. The summed E-state index contributed by atoms with van der Waals surface area (Å²) in [4.78, 5) is 27.7. The van der Waals surface area contributed by atoms with E-state index in [1.165, 1.54) is 12.8 Å². The molecule has 0 spiro atoms. The van der Waals surface area contributed by atoms with Crippen LogP contribution in [0.2, 0.25) is 0 Å². The van der Waals surface area contributed by atoms with Crippen molar-refractivity contribution >= 4 is 32.1 Å². The van der Waals surface area contributed by atoms with Crippen molar-refractivity contribution in [1.29, 1.82) is 0 Å². The zero-order chi connectivity index (χ0) is 22.2. The number of halogens is 1. The molecule has 2 N–H and O–H groups in total. The minimum absolute atomic E-state index is 0.165. The molecule has 4 atom stereocenters. The van der Waals surface area contributed by atoms with Gasteiger partial charge in [0.15, 0.2) is 10.3 Å². The number of hydrogen-bond acceptors (Lipinski definition) is 6. The third-order valence-corrected chi connectivity index (χ3v) is 9.08. The van der Waals surface area contributed by atoms with Crippen LogP contribution in [-0.2, 0) is 4.79 Å². The van der Waals surface area contributed by atoms with Crippen LogP contribution in [0.15, 0.2) is 23.8 Å². The summed E-state index contributed by atoms with van der Waals surface area (Å²) < 4.78 is 0. The highest BCUT2D eigenvalue weighted by Gasteiger charge is 2.37. The summed E-state index contributed by atoms with van der Waals surface area (Å²) in [7, 11) is 6.03. The van der Waals surface area contributed by atoms with E-state index in [0.29, 0.717) is 26.1 Å². The molecule has 1 unspecified atom stereocenters. The van der Waals surface area contributed by atoms with E-state index in [1.807, 2.05) is 22.4 Å². The average molecular weight is 477 g/mol. The molecular weight excluding hydrogens is 446 g/mol. The van der Waals surface area contributed by atoms with Gasteiger partial charge in [0, 0.05) is 44.4 Å². The summed E-state index contributed by atoms with van der Waals surface area (Å²) in [6.45, 7) is 6.52. The largest absolute Gasteiger partial charge is 0.387 e. The molecule has 5 rings (SSSR count). The quantitative estimate of drug-likeness (QED) is 0.597. The fourth-order valence-corrected chi connectivity index (χ4v) is 6.67. The number of fused-ring (bicyclic) bond motifs is 1. The Hall–Kier alpha value is -1.74. The van der Waals surface area contributed by atoms with Gasteiger partial charge in [-0.1, -0.05) is 6.92 Å². The number of carbonyl (C=O) groups is 1. The van der Waals surface area contributed by atoms with Crippen LogP contribution in [-0.4, -0.2) is 65.2 Å². The Bertz CT molecular complexity index is 973. The summed E-state index contributed by atoms with van der Waals surface area (Å²) in [6.07, 6.45) is 4.32. The summed E-state index contributed by atoms with van der Waals surface area (Å²) >= 11 is 0. The molecule has 3 heterocycles. The fourth-order valence-electron chi connectivity index (χ4n) is 4.98. The Labute approximate surface area is 196 Å². The molecule has 2 fully saturated rings. The number of anilines is 1. The third-order valence-electron chi connectivity index (χ3n) is 6.97. The van der Waals surface area contributed by atoms with Crippen molar-refractivity contribution in [3.8, 4) is 0 Å². The Kier molecular flexibility index (Phi) is 6.38. The van der Waals surface area contributed by atoms with E-state index in [-0.39, 0.29) is 17.7 Å². The van der Waals surface area contributed by atoms with Crippen molar-refractivity contribution in [2.75, 3.05) is 44.2 Å². The van der Waals surface area contributed by atoms with Crippen molar-refractivity contribution < 1.29 is 9.90 Å². The SMILES string of the molecule is C[C@@H]1C[C@@H](O)c2ncnc(N3CCN(C(=O)[C@H](CNCC4CC4)c4ccc[s+]4Cl)CC3)c21. The van der Waals surface area contributed by atoms with Crippen molar-refractivity contribution in [1.82, 2.24) is 20.2 Å². The lowest BCUT2D eigenvalue weighted by atomic mass is 10.0. The summed E-state index contributed by atoms with van der Waals surface area (Å²) in [5.74, 6) is 1.88. The van der Waals surface area contributed by atoms with E-state index in [4.69, 9.17) is 10.7 Å². The number of aliphatic hydroxyl groups excluding tert-OH is 1. The van der Waals surface area contributed by atoms with E-state index in [2.05, 4.69) is 27.1 Å². The van der Waals surface area contributed by atoms with Crippen LogP contribution in [0.5, 0.6) is 0 Å². The van der Waals surface area contributed by atoms with E-state index in [0.717, 1.165) is 47.5 Å². The molecule has 172 valence electrons. The van der Waals surface area contributed by atoms with Crippen LogP contribution in [0.25, 0.3) is 0 Å². The second-order valence-corrected chi connectivity index (χ2v) is 11.6. The molecule has 0 bridgehead atoms. The van der Waals surface area contributed by atoms with Gasteiger partial charge in [0.25, 0.3) is 0 Å². The number of amides is 1. The Balaban J connectivity index is 1.27. The van der Waals surface area contributed by atoms with Crippen LogP contribution < -0.4 is 10.2 Å². The Morgan fingerprint density at radius 1 is 1.31 bits per heavy atom. The molecule has 1 aliphatic heterocycles. The molecular formula is C23H31ClN5O2S+. The predicted octanol–water partition coefficient (Wildman–Crippen LogP) is 3.20. The maximum absolute atomic E-state index is 13.5. The van der Waals surface area contributed by atoms with Crippen LogP contribution in [0.1, 0.15) is 60.3 Å². The van der Waals surface area contributed by atoms with Gasteiger partial charge in [-0.25, -0.2) is 9.97 Å². The lowest BCUT2D eigenvalue weighted by molar-refractivity contribution is -0.133. The summed E-state index contributed by atoms with van der Waals surface area (Å²) in [5.41, 5.74) is 1.83. The highest BCUT2D eigenvalue weighted by molar-refractivity contribution is 7.61. The summed E-state index contributed by atoms with van der Waals surface area (Å²) in [5, 5.41) is 15.8. The van der Waals surface area contributed by atoms with Gasteiger partial charge >= 0.3 is 0 Å². The van der Waals surface area contributed by atoms with Gasteiger partial charge in [0.05, 0.1) is 21.5 Å². The second-order valence-electron chi connectivity index (χ2n) is 9.30. The highest BCUT2D eigenvalue weighted by Crippen LogP contribution is 2.43. The minimum Gasteiger partial charge on any atom is -0.387 e. The van der Waals surface area contributed by atoms with Crippen LogP contribution >= 0.6 is 20.4 Å². The van der Waals surface area contributed by atoms with Crippen LogP contribution in [0, 0.1) is 5.92 Å². The van der Waals surface area contributed by atoms with Crippen molar-refractivity contribution in [2.45, 2.75) is 44.1 Å². The number of carbonyl (C=O) groups excluding carboxylic acids is 1. The van der Waals surface area contributed by atoms with Gasteiger partial charge in [-0.3, -0.25) is 4.79 Å². The molecule has 1 saturated carbocycles. The summed E-state index contributed by atoms with van der Waals surface area (Å²) in [6, 6.07) is 3.99. The normalized spacial score (nSPS) is 24.5. The van der Waals surface area contributed by atoms with Crippen molar-refractivity contribution in [3.05, 3.63) is 40.0 Å². The van der Waals surface area contributed by atoms with Gasteiger partial charge < -0.3 is 20.2 Å². The number of nitrogens with one attached hydrogen (secondary N) is 1. The van der Waals surface area contributed by atoms with Gasteiger partial charge in [-0.05, 0) is 43.7 Å². The minimum atomic E-state index is -0.508. The number of rotatable bonds is 7. The number of nitrogens with zero attached hydrogens (tertiary/aromatic N) is 4. The maximum Gasteiger partial charge on any atom is 0.236 e. The zero-order valence-electron chi connectivity index (χ0n) is 18.4. The first kappa shape index (κ1) is 22.1. The second kappa shape index (κ2) is 9.25. The zero-order valence-corrected chi connectivity index (χ0v) is 20.0. The maximum atomic E-state index is 13.5. The molecule has 1 saturated heterocycles. The Morgan fingerprint density at radius 2 is 2.09 bits per heavy atom. The van der Waals surface area contributed by atoms with Gasteiger partial charge in [0.2, 0.25) is 16.6 Å². The topological polar surface area (TPSA) is 81.6 Å². The van der Waals surface area contributed by atoms with E-state index >= 15 is 0 Å². The first-order valence-corrected chi connectivity index (χ1v) is 13.7. The smallest absolute Gasteiger partial charge is 0.236 e. The average Bonchev–Trinajstić information content (AvgIpc) is 3.46. The number of aromatic nitrogens is 2. The highest BCUT2D eigenvalue weighted by atomic mass is 35.7. The molecule has 0 radical (unpaired) electrons. The van der Waals surface area contributed by atoms with Crippen LogP contribution in [0.4, 0.5) is 5.82 Å². The first-order valence-electron chi connectivity index (χ1n) is 11.6. The number of thiophene rings is 1. The molecule has 9 heteroatoms. The van der Waals surface area contributed by atoms with Crippen LogP contribution in [0.3, 0.4) is 0 Å².